The normalized spacial score (nSPS) is 13.5. The molecule has 4 nitrogen and oxygen atoms in total. The van der Waals surface area contributed by atoms with E-state index in [1.54, 1.807) is 6.92 Å². The molecule has 0 aliphatic rings. The fourth-order valence-corrected chi connectivity index (χ4v) is 0.812. The molecule has 4 heteroatoms. The van der Waals surface area contributed by atoms with E-state index in [0.717, 1.165) is 11.0 Å². The maximum atomic E-state index is 11.1. The van der Waals surface area contributed by atoms with Gasteiger partial charge in [0.05, 0.1) is 27.7 Å². The van der Waals surface area contributed by atoms with E-state index in [1.807, 2.05) is 0 Å². The summed E-state index contributed by atoms with van der Waals surface area (Å²) in [6, 6.07) is 0. The van der Waals surface area contributed by atoms with Crippen LogP contribution in [0.1, 0.15) is 13.3 Å². The first kappa shape index (κ1) is 13.1. The number of rotatable bonds is 5. The predicted molar refractivity (Wildman–Crippen MR) is 56.4 cm³/mol. The molecule has 0 aliphatic carbocycles. The number of quaternary nitrogens is 1. The minimum absolute atomic E-state index is 0.380. The Morgan fingerprint density at radius 3 is 2.36 bits per heavy atom. The van der Waals surface area contributed by atoms with Crippen LogP contribution in [0, 0.1) is 0 Å². The second-order valence-electron chi connectivity index (χ2n) is 4.53. The summed E-state index contributed by atoms with van der Waals surface area (Å²) in [5, 5.41) is 0. The van der Waals surface area contributed by atoms with Gasteiger partial charge in [-0.3, -0.25) is 5.73 Å². The lowest BCUT2D eigenvalue weighted by Crippen LogP contribution is -2.39. The van der Waals surface area contributed by atoms with Crippen molar-refractivity contribution in [3.05, 3.63) is 12.2 Å². The molecular weight excluding hydrogens is 180 g/mol. The van der Waals surface area contributed by atoms with Gasteiger partial charge in [-0.2, -0.15) is 0 Å². The smallest absolute Gasteiger partial charge is 0.334 e. The Balaban J connectivity index is 3.82. The van der Waals surface area contributed by atoms with E-state index in [9.17, 15) is 4.79 Å². The molecule has 14 heavy (non-hydrogen) atoms. The van der Waals surface area contributed by atoms with Gasteiger partial charge in [0.2, 0.25) is 0 Å². The molecule has 0 spiro atoms. The first-order valence-corrected chi connectivity index (χ1v) is 4.65. The Morgan fingerprint density at radius 2 is 2.00 bits per heavy atom. The van der Waals surface area contributed by atoms with Crippen LogP contribution >= 0.6 is 0 Å². The Bertz CT molecular complexity index is 219. The second kappa shape index (κ2) is 5.12. The minimum Gasteiger partial charge on any atom is -0.443 e. The lowest BCUT2D eigenvalue weighted by atomic mass is 10.3. The van der Waals surface area contributed by atoms with Crippen molar-refractivity contribution in [2.24, 2.45) is 5.73 Å². The summed E-state index contributed by atoms with van der Waals surface area (Å²) in [4.78, 5) is 11.1. The van der Waals surface area contributed by atoms with E-state index >= 15 is 0 Å². The monoisotopic (exact) mass is 201 g/mol. The van der Waals surface area contributed by atoms with Crippen LogP contribution in [0.25, 0.3) is 0 Å². The van der Waals surface area contributed by atoms with Crippen molar-refractivity contribution in [3.63, 3.8) is 0 Å². The summed E-state index contributed by atoms with van der Waals surface area (Å²) in [6.45, 7) is 5.95. The molecule has 2 N–H and O–H groups in total. The molecule has 1 unspecified atom stereocenters. The number of ether oxygens (including phenoxy) is 1. The number of carbonyl (C=O) groups excluding carboxylic acids is 1. The maximum absolute atomic E-state index is 11.1. The highest BCUT2D eigenvalue weighted by molar-refractivity contribution is 5.87. The third-order valence-corrected chi connectivity index (χ3v) is 1.69. The first-order valence-electron chi connectivity index (χ1n) is 4.65. The van der Waals surface area contributed by atoms with Crippen molar-refractivity contribution in [2.75, 3.05) is 27.7 Å². The topological polar surface area (TPSA) is 52.3 Å². The van der Waals surface area contributed by atoms with Gasteiger partial charge in [0.1, 0.15) is 0 Å². The highest BCUT2D eigenvalue weighted by Crippen LogP contribution is 2.01. The fourth-order valence-electron chi connectivity index (χ4n) is 0.812. The van der Waals surface area contributed by atoms with E-state index in [2.05, 4.69) is 27.7 Å². The van der Waals surface area contributed by atoms with Crippen molar-refractivity contribution in [1.82, 2.24) is 0 Å². The summed E-state index contributed by atoms with van der Waals surface area (Å²) < 4.78 is 5.74. The van der Waals surface area contributed by atoms with E-state index in [4.69, 9.17) is 10.5 Å². The molecule has 0 rings (SSSR count). The van der Waals surface area contributed by atoms with E-state index in [0.29, 0.717) is 12.0 Å². The number of nitrogens with zero attached hydrogens (tertiary/aromatic N) is 1. The van der Waals surface area contributed by atoms with Gasteiger partial charge in [0, 0.05) is 12.0 Å². The third-order valence-electron chi connectivity index (χ3n) is 1.69. The van der Waals surface area contributed by atoms with Crippen molar-refractivity contribution in [1.29, 1.82) is 0 Å². The van der Waals surface area contributed by atoms with Crippen LogP contribution in [-0.4, -0.2) is 44.4 Å². The van der Waals surface area contributed by atoms with Gasteiger partial charge >= 0.3 is 5.97 Å². The van der Waals surface area contributed by atoms with E-state index in [1.165, 1.54) is 0 Å². The van der Waals surface area contributed by atoms with Crippen LogP contribution in [0.15, 0.2) is 12.2 Å². The predicted octanol–water partition coefficient (Wildman–Crippen LogP) is 0.487. The summed E-state index contributed by atoms with van der Waals surface area (Å²) >= 11 is 0. The van der Waals surface area contributed by atoms with Gasteiger partial charge in [0.15, 0.2) is 6.23 Å². The largest absolute Gasteiger partial charge is 0.443 e. The average Bonchev–Trinajstić information content (AvgIpc) is 1.99. The number of hydrogen-bond donors (Lipinski definition) is 1. The zero-order chi connectivity index (χ0) is 11.4. The number of hydrogen-bond acceptors (Lipinski definition) is 3. The van der Waals surface area contributed by atoms with Crippen LogP contribution < -0.4 is 5.73 Å². The van der Waals surface area contributed by atoms with Gasteiger partial charge in [-0.25, -0.2) is 4.79 Å². The molecule has 0 amide bonds. The van der Waals surface area contributed by atoms with Crippen molar-refractivity contribution >= 4 is 5.97 Å². The summed E-state index contributed by atoms with van der Waals surface area (Å²) in [6.07, 6.45) is 0.124. The standard InChI is InChI=1S/C10H21N2O2/c1-8(2)10(13)14-9(11)6-7-12(3,4)5/h9H,1,6-7,11H2,2-5H3/q+1. The van der Waals surface area contributed by atoms with Gasteiger partial charge in [-0.05, 0) is 6.92 Å². The molecule has 0 fully saturated rings. The van der Waals surface area contributed by atoms with Crippen LogP contribution in [0.5, 0.6) is 0 Å². The van der Waals surface area contributed by atoms with Crippen LogP contribution in [0.3, 0.4) is 0 Å². The zero-order valence-corrected chi connectivity index (χ0v) is 9.54. The summed E-state index contributed by atoms with van der Waals surface area (Å²) in [5.41, 5.74) is 6.01. The molecular formula is C10H21N2O2+. The number of nitrogens with two attached hydrogens (primary N) is 1. The Kier molecular flexibility index (Phi) is 4.80. The Hall–Kier alpha value is -0.870. The zero-order valence-electron chi connectivity index (χ0n) is 9.54. The molecule has 0 radical (unpaired) electrons. The average molecular weight is 201 g/mol. The molecule has 82 valence electrons. The van der Waals surface area contributed by atoms with Gasteiger partial charge < -0.3 is 9.22 Å². The molecule has 0 saturated heterocycles. The molecule has 0 saturated carbocycles. The quantitative estimate of drug-likeness (QED) is 0.305. The lowest BCUT2D eigenvalue weighted by molar-refractivity contribution is -0.870. The highest BCUT2D eigenvalue weighted by Gasteiger charge is 2.14. The molecule has 0 bridgehead atoms. The third kappa shape index (κ3) is 6.62. The Labute approximate surface area is 85.9 Å². The second-order valence-corrected chi connectivity index (χ2v) is 4.53. The van der Waals surface area contributed by atoms with Crippen LogP contribution in [-0.2, 0) is 9.53 Å². The van der Waals surface area contributed by atoms with Crippen LogP contribution in [0.4, 0.5) is 0 Å². The highest BCUT2D eigenvalue weighted by atomic mass is 16.6. The van der Waals surface area contributed by atoms with Crippen molar-refractivity contribution < 1.29 is 14.0 Å². The van der Waals surface area contributed by atoms with Gasteiger partial charge in [-0.15, -0.1) is 0 Å². The van der Waals surface area contributed by atoms with Crippen molar-refractivity contribution in [2.45, 2.75) is 19.6 Å². The molecule has 0 aromatic rings. The number of esters is 1. The molecule has 0 aliphatic heterocycles. The van der Waals surface area contributed by atoms with Crippen molar-refractivity contribution in [3.8, 4) is 0 Å². The van der Waals surface area contributed by atoms with Gasteiger partial charge in [-0.1, -0.05) is 6.58 Å². The number of carbonyl (C=O) groups is 1. The maximum Gasteiger partial charge on any atom is 0.334 e. The SMILES string of the molecule is C=C(C)C(=O)OC(N)CC[N+](C)(C)C. The fraction of sp³-hybridized carbons (Fsp3) is 0.700. The van der Waals surface area contributed by atoms with E-state index in [-0.39, 0.29) is 0 Å². The first-order chi connectivity index (χ1) is 6.22. The lowest BCUT2D eigenvalue weighted by Gasteiger charge is -2.25. The van der Waals surface area contributed by atoms with E-state index < -0.39 is 12.2 Å². The summed E-state index contributed by atoms with van der Waals surface area (Å²) in [5.74, 6) is -0.418. The molecule has 0 heterocycles. The molecule has 1 atom stereocenters. The molecule has 0 aromatic carbocycles. The Morgan fingerprint density at radius 1 is 1.50 bits per heavy atom. The molecule has 0 aromatic heterocycles. The van der Waals surface area contributed by atoms with Gasteiger partial charge in [0.25, 0.3) is 0 Å². The summed E-state index contributed by atoms with van der Waals surface area (Å²) in [7, 11) is 6.19. The minimum atomic E-state index is -0.531. The van der Waals surface area contributed by atoms with Crippen LogP contribution in [0.2, 0.25) is 0 Å².